The average molecular weight is 215 g/mol. The molecule has 0 amide bonds. The molecular weight excluding hydrogens is 199 g/mol. The molecule has 2 rings (SSSR count). The van der Waals surface area contributed by atoms with Gasteiger partial charge in [0.05, 0.1) is 12.2 Å². The smallest absolute Gasteiger partial charge is 0.0828 e. The van der Waals surface area contributed by atoms with Crippen LogP contribution in [0.2, 0.25) is 0 Å². The Morgan fingerprint density at radius 1 is 0.917 bits per heavy atom. The summed E-state index contributed by atoms with van der Waals surface area (Å²) in [7, 11) is 0. The molecule has 2 saturated heterocycles. The van der Waals surface area contributed by atoms with Gasteiger partial charge in [-0.2, -0.15) is 0 Å². The molecule has 0 aromatic carbocycles. The first-order valence-electron chi connectivity index (χ1n) is 4.02. The Labute approximate surface area is 85.4 Å². The predicted octanol–water partition coefficient (Wildman–Crippen LogP) is 0.180. The van der Waals surface area contributed by atoms with Gasteiger partial charge in [-0.3, -0.25) is 0 Å². The van der Waals surface area contributed by atoms with Crippen LogP contribution in [0, 0.1) is 0 Å². The van der Waals surface area contributed by atoms with E-state index in [2.05, 4.69) is 10.6 Å². The van der Waals surface area contributed by atoms with Gasteiger partial charge in [0.25, 0.3) is 0 Å². The van der Waals surface area contributed by atoms with Crippen LogP contribution in [0.3, 0.4) is 0 Å². The van der Waals surface area contributed by atoms with Gasteiger partial charge in [-0.05, 0) is 13.0 Å². The third-order valence-corrected chi connectivity index (χ3v) is 2.14. The summed E-state index contributed by atoms with van der Waals surface area (Å²) in [4.78, 5) is 0. The first kappa shape index (κ1) is 12.5. The van der Waals surface area contributed by atoms with Crippen molar-refractivity contribution < 1.29 is 4.74 Å². The van der Waals surface area contributed by atoms with E-state index in [4.69, 9.17) is 4.74 Å². The average Bonchev–Trinajstić information content (AvgIpc) is 2.29. The first-order valence-corrected chi connectivity index (χ1v) is 4.02. The zero-order chi connectivity index (χ0) is 6.81. The van der Waals surface area contributed by atoms with Gasteiger partial charge in [-0.1, -0.05) is 0 Å². The maximum atomic E-state index is 5.72. The van der Waals surface area contributed by atoms with Crippen LogP contribution < -0.4 is 10.6 Å². The minimum atomic E-state index is 0. The van der Waals surface area contributed by atoms with Crippen LogP contribution in [-0.2, 0) is 4.74 Å². The molecule has 0 aliphatic carbocycles. The second kappa shape index (κ2) is 6.00. The Morgan fingerprint density at radius 2 is 1.58 bits per heavy atom. The Hall–Kier alpha value is 0.460. The van der Waals surface area contributed by atoms with Crippen molar-refractivity contribution in [3.8, 4) is 0 Å². The molecule has 2 aliphatic rings. The van der Waals surface area contributed by atoms with E-state index in [0.29, 0.717) is 12.2 Å². The van der Waals surface area contributed by atoms with Crippen LogP contribution in [0.4, 0.5) is 0 Å². The van der Waals surface area contributed by atoms with Crippen molar-refractivity contribution in [1.29, 1.82) is 0 Å². The number of ether oxygens (including phenoxy) is 1. The Balaban J connectivity index is 0.000000605. The molecule has 2 N–H and O–H groups in total. The highest BCUT2D eigenvalue weighted by atomic mass is 35.5. The standard InChI is InChI=1S/C7H14N2O.2ClH/c1-2-8-3-6(1)10-7-4-9-5-7;;/h6-9H,1-5H2;2*1H. The fourth-order valence-corrected chi connectivity index (χ4v) is 1.37. The van der Waals surface area contributed by atoms with E-state index >= 15 is 0 Å². The van der Waals surface area contributed by atoms with Crippen molar-refractivity contribution in [2.75, 3.05) is 26.2 Å². The highest BCUT2D eigenvalue weighted by molar-refractivity contribution is 5.85. The SMILES string of the molecule is C1CC(OC2CNC2)CN1.Cl.Cl. The van der Waals surface area contributed by atoms with Crippen LogP contribution in [0.25, 0.3) is 0 Å². The molecule has 0 aromatic rings. The van der Waals surface area contributed by atoms with E-state index in [9.17, 15) is 0 Å². The van der Waals surface area contributed by atoms with Gasteiger partial charge in [0.1, 0.15) is 0 Å². The van der Waals surface area contributed by atoms with Gasteiger partial charge < -0.3 is 15.4 Å². The van der Waals surface area contributed by atoms with E-state index < -0.39 is 0 Å². The summed E-state index contributed by atoms with van der Waals surface area (Å²) in [5, 5.41) is 6.47. The summed E-state index contributed by atoms with van der Waals surface area (Å²) in [5.41, 5.74) is 0. The lowest BCUT2D eigenvalue weighted by Crippen LogP contribution is -2.50. The summed E-state index contributed by atoms with van der Waals surface area (Å²) >= 11 is 0. The summed E-state index contributed by atoms with van der Waals surface area (Å²) in [6.07, 6.45) is 2.19. The molecule has 74 valence electrons. The zero-order valence-corrected chi connectivity index (χ0v) is 8.55. The summed E-state index contributed by atoms with van der Waals surface area (Å²) in [6, 6.07) is 0. The van der Waals surface area contributed by atoms with Crippen molar-refractivity contribution in [1.82, 2.24) is 10.6 Å². The summed E-state index contributed by atoms with van der Waals surface area (Å²) < 4.78 is 5.72. The number of hydrogen-bond donors (Lipinski definition) is 2. The maximum Gasteiger partial charge on any atom is 0.0828 e. The van der Waals surface area contributed by atoms with E-state index in [1.807, 2.05) is 0 Å². The van der Waals surface area contributed by atoms with Crippen molar-refractivity contribution in [3.05, 3.63) is 0 Å². The fraction of sp³-hybridized carbons (Fsp3) is 1.00. The molecule has 1 unspecified atom stereocenters. The minimum Gasteiger partial charge on any atom is -0.371 e. The van der Waals surface area contributed by atoms with Crippen LogP contribution in [0.5, 0.6) is 0 Å². The second-order valence-electron chi connectivity index (χ2n) is 3.03. The zero-order valence-electron chi connectivity index (χ0n) is 6.91. The van der Waals surface area contributed by atoms with Gasteiger partial charge in [0.15, 0.2) is 0 Å². The number of hydrogen-bond acceptors (Lipinski definition) is 3. The molecule has 0 spiro atoms. The number of halogens is 2. The third-order valence-electron chi connectivity index (χ3n) is 2.14. The normalized spacial score (nSPS) is 28.5. The van der Waals surface area contributed by atoms with Crippen LogP contribution in [0.15, 0.2) is 0 Å². The first-order chi connectivity index (χ1) is 4.95. The summed E-state index contributed by atoms with van der Waals surface area (Å²) in [5.74, 6) is 0. The molecule has 5 heteroatoms. The Kier molecular flexibility index (Phi) is 6.23. The van der Waals surface area contributed by atoms with Crippen molar-refractivity contribution >= 4 is 24.8 Å². The van der Waals surface area contributed by atoms with Crippen LogP contribution >= 0.6 is 24.8 Å². The van der Waals surface area contributed by atoms with Crippen molar-refractivity contribution in [3.63, 3.8) is 0 Å². The van der Waals surface area contributed by atoms with Crippen LogP contribution in [0.1, 0.15) is 6.42 Å². The molecule has 2 heterocycles. The van der Waals surface area contributed by atoms with Gasteiger partial charge in [-0.25, -0.2) is 0 Å². The fourth-order valence-electron chi connectivity index (χ4n) is 1.37. The van der Waals surface area contributed by atoms with E-state index in [1.54, 1.807) is 0 Å². The summed E-state index contributed by atoms with van der Waals surface area (Å²) in [6.45, 7) is 4.29. The molecule has 2 fully saturated rings. The van der Waals surface area contributed by atoms with E-state index in [0.717, 1.165) is 26.2 Å². The van der Waals surface area contributed by atoms with Crippen molar-refractivity contribution in [2.24, 2.45) is 0 Å². The lowest BCUT2D eigenvalue weighted by molar-refractivity contribution is -0.0276. The number of nitrogens with one attached hydrogen (secondary N) is 2. The Bertz CT molecular complexity index is 116. The topological polar surface area (TPSA) is 33.3 Å². The second-order valence-corrected chi connectivity index (χ2v) is 3.03. The lowest BCUT2D eigenvalue weighted by Gasteiger charge is -2.29. The largest absolute Gasteiger partial charge is 0.371 e. The lowest BCUT2D eigenvalue weighted by atomic mass is 10.2. The third kappa shape index (κ3) is 3.07. The quantitative estimate of drug-likeness (QED) is 0.689. The van der Waals surface area contributed by atoms with Gasteiger partial charge >= 0.3 is 0 Å². The molecule has 0 radical (unpaired) electrons. The highest BCUT2D eigenvalue weighted by Crippen LogP contribution is 2.08. The van der Waals surface area contributed by atoms with Crippen LogP contribution in [-0.4, -0.2) is 38.4 Å². The van der Waals surface area contributed by atoms with Crippen molar-refractivity contribution in [2.45, 2.75) is 18.6 Å². The monoisotopic (exact) mass is 214 g/mol. The molecule has 0 saturated carbocycles. The molecule has 1 atom stereocenters. The molecule has 0 aromatic heterocycles. The highest BCUT2D eigenvalue weighted by Gasteiger charge is 2.23. The molecule has 12 heavy (non-hydrogen) atoms. The number of rotatable bonds is 2. The molecule has 3 nitrogen and oxygen atoms in total. The van der Waals surface area contributed by atoms with Gasteiger partial charge in [0.2, 0.25) is 0 Å². The molecular formula is C7H16Cl2N2O. The predicted molar refractivity (Wildman–Crippen MR) is 53.5 cm³/mol. The van der Waals surface area contributed by atoms with Gasteiger partial charge in [0, 0.05) is 19.6 Å². The maximum absolute atomic E-state index is 5.72. The van der Waals surface area contributed by atoms with E-state index in [-0.39, 0.29) is 24.8 Å². The van der Waals surface area contributed by atoms with E-state index in [1.165, 1.54) is 6.42 Å². The Morgan fingerprint density at radius 3 is 2.00 bits per heavy atom. The minimum absolute atomic E-state index is 0. The molecule has 0 bridgehead atoms. The van der Waals surface area contributed by atoms with Gasteiger partial charge in [-0.15, -0.1) is 24.8 Å². The molecule has 2 aliphatic heterocycles.